The highest BCUT2D eigenvalue weighted by Gasteiger charge is 2.23. The molecule has 4 heteroatoms. The molecule has 0 heterocycles. The second-order valence-electron chi connectivity index (χ2n) is 5.89. The molecular weight excluding hydrogens is 266 g/mol. The van der Waals surface area contributed by atoms with Gasteiger partial charge in [-0.05, 0) is 61.4 Å². The fraction of sp³-hybridized carbons (Fsp3) is 0.412. The van der Waals surface area contributed by atoms with Gasteiger partial charge in [-0.15, -0.1) is 0 Å². The second-order valence-corrected chi connectivity index (χ2v) is 5.89. The average molecular weight is 287 g/mol. The number of nitrogens with one attached hydrogen (secondary N) is 1. The van der Waals surface area contributed by atoms with Gasteiger partial charge >= 0.3 is 5.97 Å². The first-order valence-corrected chi connectivity index (χ1v) is 7.27. The van der Waals surface area contributed by atoms with Gasteiger partial charge in [0.05, 0.1) is 0 Å². The summed E-state index contributed by atoms with van der Waals surface area (Å²) >= 11 is 0. The monoisotopic (exact) mass is 287 g/mol. The van der Waals surface area contributed by atoms with Gasteiger partial charge in [-0.1, -0.05) is 13.0 Å². The summed E-state index contributed by atoms with van der Waals surface area (Å²) in [6.45, 7) is 4.10. The van der Waals surface area contributed by atoms with Crippen molar-refractivity contribution in [2.45, 2.75) is 39.2 Å². The summed E-state index contributed by atoms with van der Waals surface area (Å²) in [7, 11) is 0. The molecule has 0 spiro atoms. The normalized spacial score (nSPS) is 21.6. The van der Waals surface area contributed by atoms with Gasteiger partial charge in [0.1, 0.15) is 0 Å². The molecule has 0 aromatic heterocycles. The van der Waals surface area contributed by atoms with E-state index in [9.17, 15) is 9.59 Å². The number of amides is 1. The van der Waals surface area contributed by atoms with Crippen LogP contribution in [0, 0.1) is 12.8 Å². The summed E-state index contributed by atoms with van der Waals surface area (Å²) in [6, 6.07) is 5.66. The Balaban J connectivity index is 2.11. The number of hydrogen-bond acceptors (Lipinski definition) is 2. The zero-order valence-electron chi connectivity index (χ0n) is 12.4. The third-order valence-electron chi connectivity index (χ3n) is 3.81. The first-order valence-electron chi connectivity index (χ1n) is 7.27. The van der Waals surface area contributed by atoms with Crippen LogP contribution in [0.25, 0.3) is 6.08 Å². The molecule has 1 aromatic rings. The van der Waals surface area contributed by atoms with Gasteiger partial charge in [0.25, 0.3) is 5.91 Å². The van der Waals surface area contributed by atoms with Crippen molar-refractivity contribution in [1.29, 1.82) is 0 Å². The number of carbonyl (C=O) groups excluding carboxylic acids is 1. The fourth-order valence-electron chi connectivity index (χ4n) is 2.81. The van der Waals surface area contributed by atoms with Crippen molar-refractivity contribution in [2.24, 2.45) is 5.92 Å². The lowest BCUT2D eigenvalue weighted by molar-refractivity contribution is -0.131. The molecule has 1 aromatic carbocycles. The molecule has 4 nitrogen and oxygen atoms in total. The van der Waals surface area contributed by atoms with Gasteiger partial charge < -0.3 is 10.4 Å². The van der Waals surface area contributed by atoms with Crippen molar-refractivity contribution in [3.63, 3.8) is 0 Å². The number of aliphatic carboxylic acids is 1. The Kier molecular flexibility index (Phi) is 4.78. The van der Waals surface area contributed by atoms with Gasteiger partial charge in [0.2, 0.25) is 0 Å². The Labute approximate surface area is 124 Å². The standard InChI is InChI=1S/C17H21NO3/c1-11-3-5-15(9-11)18-17(21)14-8-12(2)7-13(10-14)4-6-16(19)20/h4,6-8,10-11,15H,3,5,9H2,1-2H3,(H,18,21)(H,19,20)/b6-4+. The summed E-state index contributed by atoms with van der Waals surface area (Å²) in [4.78, 5) is 22.9. The van der Waals surface area contributed by atoms with Crippen LogP contribution < -0.4 is 5.32 Å². The van der Waals surface area contributed by atoms with Crippen molar-refractivity contribution in [2.75, 3.05) is 0 Å². The maximum Gasteiger partial charge on any atom is 0.328 e. The third-order valence-corrected chi connectivity index (χ3v) is 3.81. The Morgan fingerprint density at radius 2 is 2.05 bits per heavy atom. The Morgan fingerprint density at radius 3 is 2.67 bits per heavy atom. The first kappa shape index (κ1) is 15.3. The molecule has 1 amide bonds. The molecule has 0 aliphatic heterocycles. The number of aryl methyl sites for hydroxylation is 1. The van der Waals surface area contributed by atoms with E-state index in [1.54, 1.807) is 6.07 Å². The van der Waals surface area contributed by atoms with Crippen LogP contribution in [0.4, 0.5) is 0 Å². The van der Waals surface area contributed by atoms with Crippen molar-refractivity contribution in [3.05, 3.63) is 41.0 Å². The van der Waals surface area contributed by atoms with Gasteiger partial charge in [-0.25, -0.2) is 4.79 Å². The van der Waals surface area contributed by atoms with Crippen LogP contribution in [-0.2, 0) is 4.79 Å². The molecule has 1 fully saturated rings. The minimum absolute atomic E-state index is 0.0808. The van der Waals surface area contributed by atoms with E-state index in [1.165, 1.54) is 6.08 Å². The molecule has 21 heavy (non-hydrogen) atoms. The van der Waals surface area contributed by atoms with E-state index in [0.717, 1.165) is 36.5 Å². The fourth-order valence-corrected chi connectivity index (χ4v) is 2.81. The molecule has 1 aliphatic carbocycles. The lowest BCUT2D eigenvalue weighted by atomic mass is 10.0. The molecule has 112 valence electrons. The largest absolute Gasteiger partial charge is 0.478 e. The zero-order chi connectivity index (χ0) is 15.4. The van der Waals surface area contributed by atoms with E-state index in [0.29, 0.717) is 11.5 Å². The number of hydrogen-bond donors (Lipinski definition) is 2. The van der Waals surface area contributed by atoms with Gasteiger partial charge in [0.15, 0.2) is 0 Å². The van der Waals surface area contributed by atoms with Gasteiger partial charge in [-0.3, -0.25) is 4.79 Å². The van der Waals surface area contributed by atoms with Crippen LogP contribution >= 0.6 is 0 Å². The number of benzene rings is 1. The van der Waals surface area contributed by atoms with Crippen LogP contribution in [-0.4, -0.2) is 23.0 Å². The first-order chi connectivity index (χ1) is 9.94. The summed E-state index contributed by atoms with van der Waals surface area (Å²) in [5.41, 5.74) is 2.24. The molecule has 1 aliphatic rings. The second kappa shape index (κ2) is 6.57. The SMILES string of the molecule is Cc1cc(/C=C/C(=O)O)cc(C(=O)NC2CCC(C)C2)c1. The minimum Gasteiger partial charge on any atom is -0.478 e. The summed E-state index contributed by atoms with van der Waals surface area (Å²) < 4.78 is 0. The Morgan fingerprint density at radius 1 is 1.29 bits per heavy atom. The molecular formula is C17H21NO3. The smallest absolute Gasteiger partial charge is 0.328 e. The minimum atomic E-state index is -0.998. The summed E-state index contributed by atoms with van der Waals surface area (Å²) in [5.74, 6) is -0.410. The molecule has 0 radical (unpaired) electrons. The highest BCUT2D eigenvalue weighted by Crippen LogP contribution is 2.25. The quantitative estimate of drug-likeness (QED) is 0.837. The van der Waals surface area contributed by atoms with Crippen LogP contribution in [0.3, 0.4) is 0 Å². The van der Waals surface area contributed by atoms with E-state index in [1.807, 2.05) is 19.1 Å². The molecule has 2 rings (SSSR count). The van der Waals surface area contributed by atoms with Crippen LogP contribution in [0.2, 0.25) is 0 Å². The number of carboxylic acids is 1. The molecule has 1 saturated carbocycles. The van der Waals surface area contributed by atoms with E-state index in [-0.39, 0.29) is 11.9 Å². The third kappa shape index (κ3) is 4.45. The molecule has 0 saturated heterocycles. The molecule has 2 unspecified atom stereocenters. The summed E-state index contributed by atoms with van der Waals surface area (Å²) in [6.07, 6.45) is 5.80. The van der Waals surface area contributed by atoms with Crippen molar-refractivity contribution >= 4 is 18.0 Å². The lowest BCUT2D eigenvalue weighted by Gasteiger charge is -2.13. The van der Waals surface area contributed by atoms with Crippen molar-refractivity contribution < 1.29 is 14.7 Å². The Hall–Kier alpha value is -2.10. The maximum atomic E-state index is 12.3. The van der Waals surface area contributed by atoms with Crippen molar-refractivity contribution in [1.82, 2.24) is 5.32 Å². The van der Waals surface area contributed by atoms with Crippen LogP contribution in [0.1, 0.15) is 47.7 Å². The number of carbonyl (C=O) groups is 2. The van der Waals surface area contributed by atoms with E-state index >= 15 is 0 Å². The van der Waals surface area contributed by atoms with E-state index in [2.05, 4.69) is 12.2 Å². The Bertz CT molecular complexity index is 577. The van der Waals surface area contributed by atoms with E-state index in [4.69, 9.17) is 5.11 Å². The summed E-state index contributed by atoms with van der Waals surface area (Å²) in [5, 5.41) is 11.7. The predicted octanol–water partition coefficient (Wildman–Crippen LogP) is 3.01. The number of carboxylic acid groups (broad SMARTS) is 1. The topological polar surface area (TPSA) is 66.4 Å². The zero-order valence-corrected chi connectivity index (χ0v) is 12.4. The molecule has 2 N–H and O–H groups in total. The highest BCUT2D eigenvalue weighted by atomic mass is 16.4. The molecule has 0 bridgehead atoms. The van der Waals surface area contributed by atoms with Crippen molar-refractivity contribution in [3.8, 4) is 0 Å². The van der Waals surface area contributed by atoms with E-state index < -0.39 is 5.97 Å². The van der Waals surface area contributed by atoms with Crippen LogP contribution in [0.15, 0.2) is 24.3 Å². The van der Waals surface area contributed by atoms with Gasteiger partial charge in [-0.2, -0.15) is 0 Å². The lowest BCUT2D eigenvalue weighted by Crippen LogP contribution is -2.32. The number of rotatable bonds is 4. The predicted molar refractivity (Wildman–Crippen MR) is 82.1 cm³/mol. The highest BCUT2D eigenvalue weighted by molar-refractivity contribution is 5.95. The van der Waals surface area contributed by atoms with Gasteiger partial charge in [0, 0.05) is 17.7 Å². The average Bonchev–Trinajstić information content (AvgIpc) is 2.81. The van der Waals surface area contributed by atoms with Crippen LogP contribution in [0.5, 0.6) is 0 Å². The maximum absolute atomic E-state index is 12.3. The molecule has 2 atom stereocenters.